The van der Waals surface area contributed by atoms with Crippen LogP contribution in [-0.4, -0.2) is 20.2 Å². The minimum atomic E-state index is 0.140. The molecule has 0 aliphatic carbocycles. The van der Waals surface area contributed by atoms with Crippen molar-refractivity contribution in [1.29, 1.82) is 5.41 Å². The fourth-order valence-corrected chi connectivity index (χ4v) is 0.906. The van der Waals surface area contributed by atoms with Gasteiger partial charge in [-0.25, -0.2) is 0 Å². The topological polar surface area (TPSA) is 36.3 Å². The molecule has 12 heavy (non-hydrogen) atoms. The first-order valence-electron chi connectivity index (χ1n) is 3.67. The van der Waals surface area contributed by atoms with Gasteiger partial charge >= 0.3 is 0 Å². The summed E-state index contributed by atoms with van der Waals surface area (Å²) in [6, 6.07) is 9.78. The first-order chi connectivity index (χ1) is 5.75. The lowest BCUT2D eigenvalue weighted by Crippen LogP contribution is -2.26. The van der Waals surface area contributed by atoms with Crippen molar-refractivity contribution < 1.29 is 4.74 Å². The first kappa shape index (κ1) is 8.59. The molecule has 0 saturated heterocycles. The predicted molar refractivity (Wildman–Crippen MR) is 49.6 cm³/mol. The van der Waals surface area contributed by atoms with Crippen molar-refractivity contribution >= 4 is 11.7 Å². The minimum absolute atomic E-state index is 0.140. The number of benzene rings is 1. The van der Waals surface area contributed by atoms with Gasteiger partial charge in [-0.1, -0.05) is 18.2 Å². The Bertz CT molecular complexity index is 258. The van der Waals surface area contributed by atoms with Gasteiger partial charge in [0.15, 0.2) is 0 Å². The van der Waals surface area contributed by atoms with E-state index in [1.807, 2.05) is 30.3 Å². The minimum Gasteiger partial charge on any atom is -0.468 e. The van der Waals surface area contributed by atoms with Crippen LogP contribution in [0.1, 0.15) is 0 Å². The predicted octanol–water partition coefficient (Wildman–Crippen LogP) is 1.70. The van der Waals surface area contributed by atoms with Crippen LogP contribution in [0.4, 0.5) is 5.69 Å². The van der Waals surface area contributed by atoms with Crippen LogP contribution in [0.5, 0.6) is 0 Å². The van der Waals surface area contributed by atoms with Crippen molar-refractivity contribution in [3.63, 3.8) is 0 Å². The van der Waals surface area contributed by atoms with Gasteiger partial charge in [-0.05, 0) is 12.1 Å². The Labute approximate surface area is 72.1 Å². The molecule has 0 fully saturated rings. The van der Waals surface area contributed by atoms with Gasteiger partial charge in [0.05, 0.1) is 7.11 Å². The fraction of sp³-hybridized carbons (Fsp3) is 0.222. The number of hydrogen-bond donors (Lipinski definition) is 1. The maximum Gasteiger partial charge on any atom is 0.288 e. The molecule has 64 valence electrons. The molecule has 1 aromatic rings. The molecule has 3 heteroatoms. The summed E-state index contributed by atoms with van der Waals surface area (Å²) in [6.45, 7) is 0. The number of ether oxygens (including phenoxy) is 1. The van der Waals surface area contributed by atoms with E-state index in [9.17, 15) is 0 Å². The molecular weight excluding hydrogens is 152 g/mol. The number of rotatable bonds is 1. The van der Waals surface area contributed by atoms with E-state index >= 15 is 0 Å². The number of hydrogen-bond acceptors (Lipinski definition) is 2. The Morgan fingerprint density at radius 1 is 1.33 bits per heavy atom. The monoisotopic (exact) mass is 164 g/mol. The Morgan fingerprint density at radius 2 is 1.92 bits per heavy atom. The highest BCUT2D eigenvalue weighted by atomic mass is 16.5. The third kappa shape index (κ3) is 1.75. The van der Waals surface area contributed by atoms with Gasteiger partial charge in [0.1, 0.15) is 0 Å². The summed E-state index contributed by atoms with van der Waals surface area (Å²) in [5.41, 5.74) is 0.948. The first-order valence-corrected chi connectivity index (χ1v) is 3.67. The Kier molecular flexibility index (Phi) is 2.69. The molecule has 0 radical (unpaired) electrons. The van der Waals surface area contributed by atoms with Crippen LogP contribution in [0.25, 0.3) is 0 Å². The van der Waals surface area contributed by atoms with Gasteiger partial charge < -0.3 is 4.74 Å². The van der Waals surface area contributed by atoms with Gasteiger partial charge in [0.2, 0.25) is 0 Å². The molecule has 0 aliphatic rings. The molecule has 1 aromatic carbocycles. The van der Waals surface area contributed by atoms with Gasteiger partial charge in [-0.2, -0.15) is 0 Å². The third-order valence-corrected chi connectivity index (χ3v) is 1.64. The van der Waals surface area contributed by atoms with E-state index in [0.29, 0.717) is 0 Å². The van der Waals surface area contributed by atoms with E-state index in [-0.39, 0.29) is 6.02 Å². The number of methoxy groups -OCH3 is 1. The van der Waals surface area contributed by atoms with E-state index < -0.39 is 0 Å². The molecule has 0 heterocycles. The summed E-state index contributed by atoms with van der Waals surface area (Å²) < 4.78 is 4.78. The maximum absolute atomic E-state index is 7.38. The molecule has 0 atom stereocenters. The largest absolute Gasteiger partial charge is 0.468 e. The Balaban J connectivity index is 2.78. The lowest BCUT2D eigenvalue weighted by Gasteiger charge is -2.17. The number of nitrogens with zero attached hydrogens (tertiary/aromatic N) is 1. The Morgan fingerprint density at radius 3 is 2.42 bits per heavy atom. The zero-order valence-electron chi connectivity index (χ0n) is 7.24. The van der Waals surface area contributed by atoms with Crippen molar-refractivity contribution in [3.8, 4) is 0 Å². The van der Waals surface area contributed by atoms with Crippen molar-refractivity contribution in [2.24, 2.45) is 0 Å². The average molecular weight is 164 g/mol. The lowest BCUT2D eigenvalue weighted by molar-refractivity contribution is 0.389. The van der Waals surface area contributed by atoms with Gasteiger partial charge in [0.25, 0.3) is 6.02 Å². The molecule has 0 aromatic heterocycles. The lowest BCUT2D eigenvalue weighted by atomic mass is 10.3. The van der Waals surface area contributed by atoms with Crippen molar-refractivity contribution in [2.45, 2.75) is 0 Å². The smallest absolute Gasteiger partial charge is 0.288 e. The van der Waals surface area contributed by atoms with Crippen LogP contribution in [0.3, 0.4) is 0 Å². The number of amidine groups is 1. The van der Waals surface area contributed by atoms with E-state index in [2.05, 4.69) is 0 Å². The standard InChI is InChI=1S/C9H12N2O/c1-11(9(10)12-2)8-6-4-3-5-7-8/h3-7,10H,1-2H3. The van der Waals surface area contributed by atoms with E-state index in [0.717, 1.165) is 5.69 Å². The Hall–Kier alpha value is -1.51. The number of anilines is 1. The molecule has 0 amide bonds. The molecule has 0 unspecified atom stereocenters. The summed E-state index contributed by atoms with van der Waals surface area (Å²) in [7, 11) is 3.28. The van der Waals surface area contributed by atoms with Crippen LogP contribution < -0.4 is 4.90 Å². The summed E-state index contributed by atoms with van der Waals surface area (Å²) in [5.74, 6) is 0. The van der Waals surface area contributed by atoms with E-state index in [4.69, 9.17) is 10.1 Å². The van der Waals surface area contributed by atoms with Gasteiger partial charge in [-0.15, -0.1) is 0 Å². The molecule has 1 N–H and O–H groups in total. The molecule has 0 spiro atoms. The second kappa shape index (κ2) is 3.76. The van der Waals surface area contributed by atoms with E-state index in [1.54, 1.807) is 11.9 Å². The summed E-state index contributed by atoms with van der Waals surface area (Å²) in [6.07, 6.45) is 0. The zero-order chi connectivity index (χ0) is 8.97. The summed E-state index contributed by atoms with van der Waals surface area (Å²) in [4.78, 5) is 1.67. The molecule has 0 bridgehead atoms. The zero-order valence-corrected chi connectivity index (χ0v) is 7.24. The van der Waals surface area contributed by atoms with Crippen LogP contribution in [0.2, 0.25) is 0 Å². The van der Waals surface area contributed by atoms with Crippen molar-refractivity contribution in [3.05, 3.63) is 30.3 Å². The molecule has 3 nitrogen and oxygen atoms in total. The second-order valence-corrected chi connectivity index (χ2v) is 2.40. The van der Waals surface area contributed by atoms with Crippen molar-refractivity contribution in [2.75, 3.05) is 19.1 Å². The van der Waals surface area contributed by atoms with Crippen molar-refractivity contribution in [1.82, 2.24) is 0 Å². The van der Waals surface area contributed by atoms with Crippen LogP contribution in [0, 0.1) is 5.41 Å². The molecule has 0 aliphatic heterocycles. The fourth-order valence-electron chi connectivity index (χ4n) is 0.906. The van der Waals surface area contributed by atoms with Crippen LogP contribution >= 0.6 is 0 Å². The van der Waals surface area contributed by atoms with Crippen LogP contribution in [0.15, 0.2) is 30.3 Å². The third-order valence-electron chi connectivity index (χ3n) is 1.64. The highest BCUT2D eigenvalue weighted by Gasteiger charge is 2.04. The van der Waals surface area contributed by atoms with Gasteiger partial charge in [0, 0.05) is 12.7 Å². The maximum atomic E-state index is 7.38. The average Bonchev–Trinajstić information content (AvgIpc) is 2.17. The SMILES string of the molecule is COC(=N)N(C)c1ccccc1. The quantitative estimate of drug-likeness (QED) is 0.506. The molecule has 1 rings (SSSR count). The number of para-hydroxylation sites is 1. The summed E-state index contributed by atoms with van der Waals surface area (Å²) >= 11 is 0. The van der Waals surface area contributed by atoms with Crippen LogP contribution in [-0.2, 0) is 4.74 Å². The second-order valence-electron chi connectivity index (χ2n) is 2.40. The summed E-state index contributed by atoms with van der Waals surface area (Å²) in [5, 5.41) is 7.38. The van der Waals surface area contributed by atoms with E-state index in [1.165, 1.54) is 7.11 Å². The highest BCUT2D eigenvalue weighted by Crippen LogP contribution is 2.10. The molecular formula is C9H12N2O. The highest BCUT2D eigenvalue weighted by molar-refractivity contribution is 5.88. The van der Waals surface area contributed by atoms with Gasteiger partial charge in [-0.3, -0.25) is 10.3 Å². The number of nitrogens with one attached hydrogen (secondary N) is 1. The molecule has 0 saturated carbocycles. The normalized spacial score (nSPS) is 9.17.